The predicted octanol–water partition coefficient (Wildman–Crippen LogP) is 1.71. The number of rotatable bonds is 12. The summed E-state index contributed by atoms with van der Waals surface area (Å²) < 4.78 is 15.7. The van der Waals surface area contributed by atoms with Crippen molar-refractivity contribution in [2.24, 2.45) is 0 Å². The second kappa shape index (κ2) is 15.4. The van der Waals surface area contributed by atoms with Crippen LogP contribution in [-0.4, -0.2) is 57.0 Å². The highest BCUT2D eigenvalue weighted by molar-refractivity contribution is 7.80. The minimum Gasteiger partial charge on any atom is -0.499 e. The van der Waals surface area contributed by atoms with Gasteiger partial charge in [0.15, 0.2) is 5.11 Å². The Hall–Kier alpha value is -2.49. The fourth-order valence-corrected chi connectivity index (χ4v) is 2.32. The standard InChI is InChI=1S/C20H31N3O5S/c1-7-9-15(12-13-21-17(24)8-2)22-20(29)23-18(25)11-10-16(27-5)19(28-6)14(3)26-4/h7,9-12,16,19H,3,8,13H2,1-2,4-6H3,(H,21,24)(H2,22,23,25,29)/b9-7-,11-10+,15-12+. The van der Waals surface area contributed by atoms with Gasteiger partial charge in [0.25, 0.3) is 0 Å². The number of amides is 2. The molecule has 2 amide bonds. The number of allylic oxidation sites excluding steroid dienone is 2. The average Bonchev–Trinajstić information content (AvgIpc) is 2.70. The SMILES string of the molecule is C=C(OC)C(OC)C(/C=C/C(=O)NC(=S)NC(/C=C\C)=C/CNC(=O)CC)OC. The topological polar surface area (TPSA) is 97.9 Å². The molecule has 0 fully saturated rings. The van der Waals surface area contributed by atoms with Crippen molar-refractivity contribution in [1.29, 1.82) is 0 Å². The van der Waals surface area contributed by atoms with Crippen molar-refractivity contribution < 1.29 is 23.8 Å². The first-order chi connectivity index (χ1) is 13.8. The maximum Gasteiger partial charge on any atom is 0.249 e. The molecule has 0 saturated carbocycles. The van der Waals surface area contributed by atoms with E-state index in [9.17, 15) is 9.59 Å². The number of methoxy groups -OCH3 is 3. The summed E-state index contributed by atoms with van der Waals surface area (Å²) in [4.78, 5) is 23.4. The number of thiocarbonyl (C=S) groups is 1. The summed E-state index contributed by atoms with van der Waals surface area (Å²) in [6, 6.07) is 0. The third-order valence-corrected chi connectivity index (χ3v) is 3.83. The summed E-state index contributed by atoms with van der Waals surface area (Å²) in [6.45, 7) is 7.71. The van der Waals surface area contributed by atoms with Crippen LogP contribution in [0.4, 0.5) is 0 Å². The van der Waals surface area contributed by atoms with Crippen LogP contribution in [0.15, 0.2) is 48.4 Å². The molecule has 162 valence electrons. The maximum absolute atomic E-state index is 12.1. The molecule has 2 unspecified atom stereocenters. The number of nitrogens with one attached hydrogen (secondary N) is 3. The van der Waals surface area contributed by atoms with Gasteiger partial charge in [0.2, 0.25) is 11.8 Å². The van der Waals surface area contributed by atoms with Gasteiger partial charge in [-0.3, -0.25) is 14.9 Å². The number of hydrogen-bond acceptors (Lipinski definition) is 6. The molecule has 2 atom stereocenters. The molecule has 0 bridgehead atoms. The summed E-state index contributed by atoms with van der Waals surface area (Å²) in [5.41, 5.74) is 0.642. The highest BCUT2D eigenvalue weighted by Gasteiger charge is 2.22. The number of carbonyl (C=O) groups is 2. The van der Waals surface area contributed by atoms with Crippen LogP contribution in [0.5, 0.6) is 0 Å². The number of hydrogen-bond donors (Lipinski definition) is 3. The van der Waals surface area contributed by atoms with Crippen molar-refractivity contribution in [3.8, 4) is 0 Å². The van der Waals surface area contributed by atoms with Gasteiger partial charge in [-0.1, -0.05) is 19.6 Å². The Morgan fingerprint density at radius 1 is 1.14 bits per heavy atom. The summed E-state index contributed by atoms with van der Waals surface area (Å²) in [5, 5.41) is 8.29. The lowest BCUT2D eigenvalue weighted by molar-refractivity contribution is -0.120. The summed E-state index contributed by atoms with van der Waals surface area (Å²) in [5.74, 6) is -0.125. The summed E-state index contributed by atoms with van der Waals surface area (Å²) >= 11 is 5.16. The molecule has 0 aromatic carbocycles. The Balaban J connectivity index is 4.86. The van der Waals surface area contributed by atoms with Crippen molar-refractivity contribution in [2.45, 2.75) is 32.5 Å². The van der Waals surface area contributed by atoms with E-state index in [0.29, 0.717) is 24.4 Å². The third kappa shape index (κ3) is 11.2. The van der Waals surface area contributed by atoms with Crippen LogP contribution in [-0.2, 0) is 23.8 Å². The fraction of sp³-hybridized carbons (Fsp3) is 0.450. The van der Waals surface area contributed by atoms with Crippen LogP contribution < -0.4 is 16.0 Å². The lowest BCUT2D eigenvalue weighted by Crippen LogP contribution is -2.38. The number of carbonyl (C=O) groups excluding carboxylic acids is 2. The molecular weight excluding hydrogens is 394 g/mol. The fourth-order valence-electron chi connectivity index (χ4n) is 2.11. The Bertz CT molecular complexity index is 659. The Kier molecular flexibility index (Phi) is 14.1. The van der Waals surface area contributed by atoms with Gasteiger partial charge in [-0.05, 0) is 37.4 Å². The zero-order chi connectivity index (χ0) is 22.2. The van der Waals surface area contributed by atoms with Gasteiger partial charge >= 0.3 is 0 Å². The van der Waals surface area contributed by atoms with Crippen molar-refractivity contribution in [3.05, 3.63) is 48.4 Å². The molecule has 0 aliphatic carbocycles. The summed E-state index contributed by atoms with van der Waals surface area (Å²) in [6.07, 6.45) is 7.42. The van der Waals surface area contributed by atoms with Crippen LogP contribution in [0.2, 0.25) is 0 Å². The second-order valence-electron chi connectivity index (χ2n) is 5.65. The van der Waals surface area contributed by atoms with Gasteiger partial charge in [-0.25, -0.2) is 0 Å². The Morgan fingerprint density at radius 2 is 1.83 bits per heavy atom. The van der Waals surface area contributed by atoms with Crippen molar-refractivity contribution >= 4 is 29.1 Å². The minimum absolute atomic E-state index is 0.0553. The van der Waals surface area contributed by atoms with E-state index in [4.69, 9.17) is 26.4 Å². The lowest BCUT2D eigenvalue weighted by atomic mass is 10.1. The molecule has 0 spiro atoms. The molecule has 3 N–H and O–H groups in total. The third-order valence-electron chi connectivity index (χ3n) is 3.62. The van der Waals surface area contributed by atoms with Crippen LogP contribution in [0.3, 0.4) is 0 Å². The van der Waals surface area contributed by atoms with E-state index in [-0.39, 0.29) is 11.0 Å². The van der Waals surface area contributed by atoms with Gasteiger partial charge in [-0.2, -0.15) is 0 Å². The summed E-state index contributed by atoms with van der Waals surface area (Å²) in [7, 11) is 4.45. The smallest absolute Gasteiger partial charge is 0.249 e. The van der Waals surface area contributed by atoms with E-state index in [1.807, 2.05) is 13.0 Å². The van der Waals surface area contributed by atoms with Crippen molar-refractivity contribution in [1.82, 2.24) is 16.0 Å². The van der Waals surface area contributed by atoms with Crippen LogP contribution in [0, 0.1) is 0 Å². The van der Waals surface area contributed by atoms with E-state index in [1.54, 1.807) is 19.1 Å². The van der Waals surface area contributed by atoms with Gasteiger partial charge in [0, 0.05) is 39.0 Å². The highest BCUT2D eigenvalue weighted by atomic mass is 32.1. The van der Waals surface area contributed by atoms with Crippen molar-refractivity contribution in [3.63, 3.8) is 0 Å². The molecule has 0 aliphatic heterocycles. The quantitative estimate of drug-likeness (QED) is 0.190. The number of ether oxygens (including phenoxy) is 3. The molecule has 0 heterocycles. The van der Waals surface area contributed by atoms with Gasteiger partial charge < -0.3 is 24.8 Å². The van der Waals surface area contributed by atoms with Gasteiger partial charge in [-0.15, -0.1) is 0 Å². The molecule has 0 saturated heterocycles. The Labute approximate surface area is 178 Å². The normalized spacial score (nSPS) is 13.8. The van der Waals surface area contributed by atoms with Crippen LogP contribution in [0.1, 0.15) is 20.3 Å². The molecular formula is C20H31N3O5S. The first-order valence-corrected chi connectivity index (χ1v) is 9.41. The molecule has 9 heteroatoms. The first kappa shape index (κ1) is 26.5. The van der Waals surface area contributed by atoms with E-state index < -0.39 is 18.1 Å². The molecule has 0 aromatic rings. The molecule has 0 aromatic heterocycles. The zero-order valence-electron chi connectivity index (χ0n) is 17.6. The minimum atomic E-state index is -0.569. The monoisotopic (exact) mass is 425 g/mol. The molecule has 0 radical (unpaired) electrons. The second-order valence-corrected chi connectivity index (χ2v) is 6.05. The molecule has 0 aliphatic rings. The van der Waals surface area contributed by atoms with Crippen molar-refractivity contribution in [2.75, 3.05) is 27.9 Å². The van der Waals surface area contributed by atoms with E-state index in [1.165, 1.54) is 33.5 Å². The predicted molar refractivity (Wildman–Crippen MR) is 117 cm³/mol. The average molecular weight is 426 g/mol. The van der Waals surface area contributed by atoms with Crippen LogP contribution >= 0.6 is 12.2 Å². The van der Waals surface area contributed by atoms with E-state index >= 15 is 0 Å². The van der Waals surface area contributed by atoms with Crippen LogP contribution in [0.25, 0.3) is 0 Å². The lowest BCUT2D eigenvalue weighted by Gasteiger charge is -2.23. The highest BCUT2D eigenvalue weighted by Crippen LogP contribution is 2.13. The molecule has 8 nitrogen and oxygen atoms in total. The molecule has 29 heavy (non-hydrogen) atoms. The van der Waals surface area contributed by atoms with E-state index in [2.05, 4.69) is 22.5 Å². The molecule has 0 rings (SSSR count). The largest absolute Gasteiger partial charge is 0.499 e. The first-order valence-electron chi connectivity index (χ1n) is 9.00. The maximum atomic E-state index is 12.1. The van der Waals surface area contributed by atoms with E-state index in [0.717, 1.165) is 0 Å². The zero-order valence-corrected chi connectivity index (χ0v) is 18.4. The Morgan fingerprint density at radius 3 is 2.34 bits per heavy atom. The van der Waals surface area contributed by atoms with Gasteiger partial charge in [0.1, 0.15) is 18.0 Å². The van der Waals surface area contributed by atoms with Gasteiger partial charge in [0.05, 0.1) is 7.11 Å².